The summed E-state index contributed by atoms with van der Waals surface area (Å²) in [6, 6.07) is 7.33. The van der Waals surface area contributed by atoms with E-state index in [1.54, 1.807) is 24.3 Å². The standard InChI is InChI=1S/C24H20FN7O4/c25-14-2-5-19(26-10-14)24(7-8-24)28-21(34)17-12-32(30-29-17)15-3-1-13-11-31(23(36)16(13)9-15)18-4-6-20(33)27-22(18)35/h1-3,5,9-10,12,18H,4,6-8,11H2,(H,28,34)(H,27,33,35). The second kappa shape index (κ2) is 8.04. The third-order valence-corrected chi connectivity index (χ3v) is 6.82. The molecule has 3 aliphatic rings. The monoisotopic (exact) mass is 489 g/mol. The third-order valence-electron chi connectivity index (χ3n) is 6.82. The smallest absolute Gasteiger partial charge is 0.274 e. The van der Waals surface area contributed by atoms with Crippen LogP contribution in [0.5, 0.6) is 0 Å². The number of rotatable bonds is 5. The zero-order chi connectivity index (χ0) is 25.0. The lowest BCUT2D eigenvalue weighted by atomic mass is 10.0. The highest BCUT2D eigenvalue weighted by Crippen LogP contribution is 2.44. The molecule has 2 aromatic heterocycles. The van der Waals surface area contributed by atoms with Crippen molar-refractivity contribution in [2.45, 2.75) is 43.8 Å². The highest BCUT2D eigenvalue weighted by Gasteiger charge is 2.47. The van der Waals surface area contributed by atoms with Gasteiger partial charge in [-0.25, -0.2) is 9.07 Å². The van der Waals surface area contributed by atoms with Gasteiger partial charge in [-0.2, -0.15) is 0 Å². The van der Waals surface area contributed by atoms with Crippen LogP contribution < -0.4 is 10.6 Å². The SMILES string of the molecule is O=C1CCC(N2Cc3ccc(-n4cc(C(=O)NC5(c6ccc(F)cn6)CC5)nn4)cc3C2=O)C(=O)N1. The van der Waals surface area contributed by atoms with Crippen molar-refractivity contribution >= 4 is 23.6 Å². The number of halogens is 1. The maximum Gasteiger partial charge on any atom is 0.274 e. The Labute approximate surface area is 203 Å². The number of imide groups is 1. The van der Waals surface area contributed by atoms with Crippen molar-refractivity contribution in [3.63, 3.8) is 0 Å². The van der Waals surface area contributed by atoms with Crippen LogP contribution >= 0.6 is 0 Å². The van der Waals surface area contributed by atoms with E-state index < -0.39 is 29.2 Å². The van der Waals surface area contributed by atoms with E-state index in [4.69, 9.17) is 0 Å². The molecule has 12 heteroatoms. The van der Waals surface area contributed by atoms with Gasteiger partial charge in [0.25, 0.3) is 11.8 Å². The van der Waals surface area contributed by atoms with Crippen LogP contribution in [0.15, 0.2) is 42.7 Å². The topological polar surface area (TPSA) is 139 Å². The summed E-state index contributed by atoms with van der Waals surface area (Å²) in [7, 11) is 0. The number of hydrogen-bond donors (Lipinski definition) is 2. The summed E-state index contributed by atoms with van der Waals surface area (Å²) in [5.41, 5.74) is 1.74. The predicted molar refractivity (Wildman–Crippen MR) is 120 cm³/mol. The van der Waals surface area contributed by atoms with E-state index in [0.29, 0.717) is 29.8 Å². The Morgan fingerprint density at radius 2 is 2.00 bits per heavy atom. The van der Waals surface area contributed by atoms with E-state index in [1.165, 1.54) is 21.8 Å². The molecule has 0 bridgehead atoms. The zero-order valence-corrected chi connectivity index (χ0v) is 18.9. The van der Waals surface area contributed by atoms with Crippen LogP contribution in [0.3, 0.4) is 0 Å². The van der Waals surface area contributed by atoms with Crippen molar-refractivity contribution in [1.82, 2.24) is 35.5 Å². The number of piperidine rings is 1. The van der Waals surface area contributed by atoms with Crippen LogP contribution in [0.25, 0.3) is 5.69 Å². The van der Waals surface area contributed by atoms with Gasteiger partial charge in [-0.15, -0.1) is 5.10 Å². The van der Waals surface area contributed by atoms with E-state index >= 15 is 0 Å². The number of hydrogen-bond acceptors (Lipinski definition) is 7. The first-order chi connectivity index (χ1) is 17.3. The molecule has 1 aliphatic carbocycles. The Bertz CT molecular complexity index is 1430. The summed E-state index contributed by atoms with van der Waals surface area (Å²) in [4.78, 5) is 55.2. The Morgan fingerprint density at radius 3 is 2.72 bits per heavy atom. The van der Waals surface area contributed by atoms with Crippen LogP contribution in [0.4, 0.5) is 4.39 Å². The fourth-order valence-corrected chi connectivity index (χ4v) is 4.69. The lowest BCUT2D eigenvalue weighted by molar-refractivity contribution is -0.136. The van der Waals surface area contributed by atoms with Gasteiger partial charge in [-0.1, -0.05) is 11.3 Å². The average molecular weight is 489 g/mol. The van der Waals surface area contributed by atoms with Crippen molar-refractivity contribution in [3.8, 4) is 5.69 Å². The minimum absolute atomic E-state index is 0.0837. The second-order valence-corrected chi connectivity index (χ2v) is 9.19. The molecular formula is C24H20FN7O4. The van der Waals surface area contributed by atoms with Crippen LogP contribution in [0.2, 0.25) is 0 Å². The Hall–Kier alpha value is -4.48. The molecule has 2 fully saturated rings. The first kappa shape index (κ1) is 22.0. The summed E-state index contributed by atoms with van der Waals surface area (Å²) >= 11 is 0. The molecule has 1 atom stereocenters. The van der Waals surface area contributed by atoms with Crippen molar-refractivity contribution in [2.75, 3.05) is 0 Å². The number of carbonyl (C=O) groups is 4. The number of aromatic nitrogens is 4. The fraction of sp³-hybridized carbons (Fsp3) is 0.292. The summed E-state index contributed by atoms with van der Waals surface area (Å²) in [5, 5.41) is 13.2. The largest absolute Gasteiger partial charge is 0.340 e. The molecule has 0 radical (unpaired) electrons. The Morgan fingerprint density at radius 1 is 1.17 bits per heavy atom. The minimum Gasteiger partial charge on any atom is -0.340 e. The molecule has 0 spiro atoms. The van der Waals surface area contributed by atoms with Crippen LogP contribution in [0, 0.1) is 5.82 Å². The number of fused-ring (bicyclic) bond motifs is 1. The minimum atomic E-state index is -0.696. The van der Waals surface area contributed by atoms with E-state index in [9.17, 15) is 23.6 Å². The molecule has 11 nitrogen and oxygen atoms in total. The Kier molecular flexibility index (Phi) is 4.92. The van der Waals surface area contributed by atoms with Gasteiger partial charge in [-0.05, 0) is 49.1 Å². The lowest BCUT2D eigenvalue weighted by Gasteiger charge is -2.29. The predicted octanol–water partition coefficient (Wildman–Crippen LogP) is 0.981. The number of nitrogens with zero attached hydrogens (tertiary/aromatic N) is 5. The summed E-state index contributed by atoms with van der Waals surface area (Å²) in [6.45, 7) is 0.269. The van der Waals surface area contributed by atoms with Gasteiger partial charge >= 0.3 is 0 Å². The molecule has 1 saturated carbocycles. The van der Waals surface area contributed by atoms with Gasteiger partial charge < -0.3 is 10.2 Å². The molecule has 36 heavy (non-hydrogen) atoms. The zero-order valence-electron chi connectivity index (χ0n) is 18.9. The highest BCUT2D eigenvalue weighted by atomic mass is 19.1. The first-order valence-electron chi connectivity index (χ1n) is 11.5. The summed E-state index contributed by atoms with van der Waals surface area (Å²) in [6.07, 6.45) is 4.42. The maximum absolute atomic E-state index is 13.2. The van der Waals surface area contributed by atoms with Gasteiger partial charge in [0.15, 0.2) is 5.69 Å². The molecule has 2 aliphatic heterocycles. The number of benzene rings is 1. The molecular weight excluding hydrogens is 469 g/mol. The highest BCUT2D eigenvalue weighted by molar-refractivity contribution is 6.05. The van der Waals surface area contributed by atoms with Gasteiger partial charge in [0, 0.05) is 18.5 Å². The van der Waals surface area contributed by atoms with Gasteiger partial charge in [-0.3, -0.25) is 29.5 Å². The third kappa shape index (κ3) is 3.70. The van der Waals surface area contributed by atoms with Crippen molar-refractivity contribution < 1.29 is 23.6 Å². The van der Waals surface area contributed by atoms with Crippen molar-refractivity contribution in [2.24, 2.45) is 0 Å². The Balaban J connectivity index is 1.18. The second-order valence-electron chi connectivity index (χ2n) is 9.19. The molecule has 3 aromatic rings. The number of nitrogens with one attached hydrogen (secondary N) is 2. The van der Waals surface area contributed by atoms with Crippen LogP contribution in [-0.4, -0.2) is 54.5 Å². The molecule has 4 amide bonds. The fourth-order valence-electron chi connectivity index (χ4n) is 4.69. The van der Waals surface area contributed by atoms with Crippen molar-refractivity contribution in [3.05, 3.63) is 71.1 Å². The molecule has 2 N–H and O–H groups in total. The van der Waals surface area contributed by atoms with Crippen molar-refractivity contribution in [1.29, 1.82) is 0 Å². The number of pyridine rings is 1. The van der Waals surface area contributed by atoms with E-state index in [2.05, 4.69) is 25.9 Å². The quantitative estimate of drug-likeness (QED) is 0.510. The summed E-state index contributed by atoms with van der Waals surface area (Å²) in [5.74, 6) is -2.00. The first-order valence-corrected chi connectivity index (χ1v) is 11.5. The summed E-state index contributed by atoms with van der Waals surface area (Å²) < 4.78 is 14.6. The lowest BCUT2D eigenvalue weighted by Crippen LogP contribution is -2.52. The average Bonchev–Trinajstić information content (AvgIpc) is 3.32. The molecule has 182 valence electrons. The normalized spacial score (nSPS) is 20.2. The van der Waals surface area contributed by atoms with E-state index in [1.807, 2.05) is 0 Å². The van der Waals surface area contributed by atoms with Gasteiger partial charge in [0.2, 0.25) is 11.8 Å². The van der Waals surface area contributed by atoms with Gasteiger partial charge in [0.1, 0.15) is 11.9 Å². The molecule has 6 rings (SSSR count). The molecule has 1 saturated heterocycles. The number of carbonyl (C=O) groups excluding carboxylic acids is 4. The van der Waals surface area contributed by atoms with E-state index in [0.717, 1.165) is 11.8 Å². The maximum atomic E-state index is 13.2. The van der Waals surface area contributed by atoms with Crippen LogP contribution in [0.1, 0.15) is 57.8 Å². The van der Waals surface area contributed by atoms with E-state index in [-0.39, 0.29) is 36.9 Å². The molecule has 1 unspecified atom stereocenters. The molecule has 1 aromatic carbocycles. The molecule has 4 heterocycles. The number of amides is 4. The van der Waals surface area contributed by atoms with Gasteiger partial charge in [0.05, 0.1) is 29.3 Å². The van der Waals surface area contributed by atoms with Crippen LogP contribution in [-0.2, 0) is 21.7 Å².